The Morgan fingerprint density at radius 1 is 1.06 bits per heavy atom. The first-order valence-electron chi connectivity index (χ1n) is 5.75. The van der Waals surface area contributed by atoms with E-state index in [9.17, 15) is 5.11 Å². The van der Waals surface area contributed by atoms with Crippen molar-refractivity contribution in [2.75, 3.05) is 0 Å². The van der Waals surface area contributed by atoms with E-state index in [4.69, 9.17) is 0 Å². The molecule has 2 aromatic carbocycles. The first-order chi connectivity index (χ1) is 8.58. The van der Waals surface area contributed by atoms with Gasteiger partial charge in [0.25, 0.3) is 0 Å². The molecular formula is C15H14I2O. The normalized spacial score (nSPS) is 12.4. The van der Waals surface area contributed by atoms with Gasteiger partial charge >= 0.3 is 0 Å². The lowest BCUT2D eigenvalue weighted by Gasteiger charge is -2.14. The van der Waals surface area contributed by atoms with E-state index in [2.05, 4.69) is 82.4 Å². The van der Waals surface area contributed by atoms with Crippen molar-refractivity contribution in [2.24, 2.45) is 0 Å². The number of aliphatic hydroxyl groups is 1. The third kappa shape index (κ3) is 3.45. The molecule has 0 aromatic heterocycles. The van der Waals surface area contributed by atoms with Crippen LogP contribution >= 0.6 is 45.2 Å². The van der Waals surface area contributed by atoms with Gasteiger partial charge in [-0.2, -0.15) is 0 Å². The van der Waals surface area contributed by atoms with Crippen molar-refractivity contribution >= 4 is 45.2 Å². The van der Waals surface area contributed by atoms with Crippen LogP contribution in [0, 0.1) is 14.1 Å². The molecule has 94 valence electrons. The molecule has 0 amide bonds. The van der Waals surface area contributed by atoms with Crippen LogP contribution in [0.3, 0.4) is 0 Å². The second-order valence-corrected chi connectivity index (χ2v) is 6.65. The smallest absolute Gasteiger partial charge is 0.0840 e. The zero-order valence-electron chi connectivity index (χ0n) is 10.0. The summed E-state index contributed by atoms with van der Waals surface area (Å²) in [5.41, 5.74) is 3.41. The van der Waals surface area contributed by atoms with E-state index in [1.807, 2.05) is 12.1 Å². The van der Waals surface area contributed by atoms with Gasteiger partial charge in [-0.1, -0.05) is 30.3 Å². The van der Waals surface area contributed by atoms with Gasteiger partial charge in [0.05, 0.1) is 6.10 Å². The quantitative estimate of drug-likeness (QED) is 0.665. The Kier molecular flexibility index (Phi) is 5.03. The minimum Gasteiger partial charge on any atom is -0.388 e. The van der Waals surface area contributed by atoms with E-state index in [1.54, 1.807) is 0 Å². The fraction of sp³-hybridized carbons (Fsp3) is 0.200. The van der Waals surface area contributed by atoms with Gasteiger partial charge in [0.15, 0.2) is 0 Å². The maximum atomic E-state index is 10.3. The van der Waals surface area contributed by atoms with E-state index in [-0.39, 0.29) is 0 Å². The maximum absolute atomic E-state index is 10.3. The molecule has 1 atom stereocenters. The highest BCUT2D eigenvalue weighted by Crippen LogP contribution is 2.25. The minimum atomic E-state index is -0.433. The summed E-state index contributed by atoms with van der Waals surface area (Å²) in [4.78, 5) is 0. The Morgan fingerprint density at radius 2 is 1.72 bits per heavy atom. The minimum absolute atomic E-state index is 0.433. The van der Waals surface area contributed by atoms with E-state index >= 15 is 0 Å². The van der Waals surface area contributed by atoms with Gasteiger partial charge in [-0.05, 0) is 80.9 Å². The number of aryl methyl sites for hydroxylation is 1. The van der Waals surface area contributed by atoms with Crippen molar-refractivity contribution in [2.45, 2.75) is 19.4 Å². The van der Waals surface area contributed by atoms with Crippen LogP contribution in [0.1, 0.15) is 22.8 Å². The van der Waals surface area contributed by atoms with Crippen LogP contribution in [0.25, 0.3) is 0 Å². The van der Waals surface area contributed by atoms with Crippen LogP contribution in [0.2, 0.25) is 0 Å². The molecule has 2 rings (SSSR count). The van der Waals surface area contributed by atoms with E-state index in [0.29, 0.717) is 6.42 Å². The predicted octanol–water partition coefficient (Wildman–Crippen LogP) is 4.48. The third-order valence-corrected chi connectivity index (χ3v) is 5.12. The summed E-state index contributed by atoms with van der Waals surface area (Å²) >= 11 is 4.59. The second kappa shape index (κ2) is 6.34. The van der Waals surface area contributed by atoms with Crippen molar-refractivity contribution in [1.29, 1.82) is 0 Å². The molecule has 3 heteroatoms. The average Bonchev–Trinajstić information content (AvgIpc) is 2.35. The molecule has 0 aliphatic carbocycles. The van der Waals surface area contributed by atoms with Crippen LogP contribution < -0.4 is 0 Å². The van der Waals surface area contributed by atoms with Gasteiger partial charge in [-0.15, -0.1) is 0 Å². The molecule has 1 nitrogen and oxygen atoms in total. The molecule has 0 aliphatic rings. The summed E-state index contributed by atoms with van der Waals surface area (Å²) in [6.07, 6.45) is 0.230. The second-order valence-electron chi connectivity index (χ2n) is 4.32. The molecule has 0 saturated heterocycles. The number of hydrogen-bond acceptors (Lipinski definition) is 1. The molecule has 0 saturated carbocycles. The highest BCUT2D eigenvalue weighted by molar-refractivity contribution is 14.1. The van der Waals surface area contributed by atoms with Crippen LogP contribution in [0.4, 0.5) is 0 Å². The molecule has 0 fully saturated rings. The van der Waals surface area contributed by atoms with Gasteiger partial charge in [-0.25, -0.2) is 0 Å². The Labute approximate surface area is 135 Å². The van der Waals surface area contributed by atoms with Crippen LogP contribution in [0.15, 0.2) is 42.5 Å². The monoisotopic (exact) mass is 464 g/mol. The lowest BCUT2D eigenvalue weighted by atomic mass is 10.0. The van der Waals surface area contributed by atoms with E-state index in [0.717, 1.165) is 9.13 Å². The summed E-state index contributed by atoms with van der Waals surface area (Å²) in [5, 5.41) is 10.3. The Morgan fingerprint density at radius 3 is 2.39 bits per heavy atom. The summed E-state index contributed by atoms with van der Waals surface area (Å²) in [7, 11) is 0. The number of aliphatic hydroxyl groups excluding tert-OH is 1. The first-order valence-corrected chi connectivity index (χ1v) is 7.91. The number of halogens is 2. The Bertz CT molecular complexity index is 535. The molecule has 2 aromatic rings. The lowest BCUT2D eigenvalue weighted by Crippen LogP contribution is -2.04. The van der Waals surface area contributed by atoms with Crippen molar-refractivity contribution in [3.8, 4) is 0 Å². The highest BCUT2D eigenvalue weighted by Gasteiger charge is 2.12. The number of hydrogen-bond donors (Lipinski definition) is 1. The third-order valence-electron chi connectivity index (χ3n) is 2.92. The fourth-order valence-corrected chi connectivity index (χ4v) is 2.96. The van der Waals surface area contributed by atoms with Gasteiger partial charge in [-0.3, -0.25) is 0 Å². The largest absolute Gasteiger partial charge is 0.388 e. The standard InChI is InChI=1S/C15H14I2O/c1-10-3-2-4-13(15(10)17)14(18)9-11-5-7-12(16)8-6-11/h2-8,14,18H,9H2,1H3. The summed E-state index contributed by atoms with van der Waals surface area (Å²) in [6.45, 7) is 2.07. The highest BCUT2D eigenvalue weighted by atomic mass is 127. The van der Waals surface area contributed by atoms with Crippen molar-refractivity contribution in [3.63, 3.8) is 0 Å². The van der Waals surface area contributed by atoms with Crippen LogP contribution in [-0.4, -0.2) is 5.11 Å². The zero-order chi connectivity index (χ0) is 13.1. The molecule has 1 N–H and O–H groups in total. The van der Waals surface area contributed by atoms with Gasteiger partial charge < -0.3 is 5.11 Å². The molecule has 18 heavy (non-hydrogen) atoms. The molecular weight excluding hydrogens is 450 g/mol. The van der Waals surface area contributed by atoms with Crippen LogP contribution in [0.5, 0.6) is 0 Å². The maximum Gasteiger partial charge on any atom is 0.0840 e. The fourth-order valence-electron chi connectivity index (χ4n) is 1.88. The molecule has 0 bridgehead atoms. The average molecular weight is 464 g/mol. The van der Waals surface area contributed by atoms with Gasteiger partial charge in [0.1, 0.15) is 0 Å². The Hall–Kier alpha value is -0.140. The first kappa shape index (κ1) is 14.3. The Balaban J connectivity index is 2.19. The van der Waals surface area contributed by atoms with Gasteiger partial charge in [0.2, 0.25) is 0 Å². The van der Waals surface area contributed by atoms with E-state index < -0.39 is 6.10 Å². The van der Waals surface area contributed by atoms with Crippen LogP contribution in [-0.2, 0) is 6.42 Å². The lowest BCUT2D eigenvalue weighted by molar-refractivity contribution is 0.177. The molecule has 0 heterocycles. The predicted molar refractivity (Wildman–Crippen MR) is 91.7 cm³/mol. The summed E-state index contributed by atoms with van der Waals surface area (Å²) < 4.78 is 2.38. The van der Waals surface area contributed by atoms with Crippen molar-refractivity contribution < 1.29 is 5.11 Å². The van der Waals surface area contributed by atoms with Crippen molar-refractivity contribution in [1.82, 2.24) is 0 Å². The van der Waals surface area contributed by atoms with Gasteiger partial charge in [0, 0.05) is 13.6 Å². The molecule has 0 radical (unpaired) electrons. The van der Waals surface area contributed by atoms with Crippen molar-refractivity contribution in [3.05, 3.63) is 66.3 Å². The summed E-state index contributed by atoms with van der Waals surface area (Å²) in [6, 6.07) is 14.4. The zero-order valence-corrected chi connectivity index (χ0v) is 14.3. The SMILES string of the molecule is Cc1cccc(C(O)Cc2ccc(I)cc2)c1I. The topological polar surface area (TPSA) is 20.2 Å². The molecule has 1 unspecified atom stereocenters. The summed E-state index contributed by atoms with van der Waals surface area (Å²) in [5.74, 6) is 0. The molecule has 0 aliphatic heterocycles. The molecule has 0 spiro atoms. The van der Waals surface area contributed by atoms with E-state index in [1.165, 1.54) is 14.7 Å². The number of benzene rings is 2. The number of rotatable bonds is 3.